The summed E-state index contributed by atoms with van der Waals surface area (Å²) >= 11 is 6.05. The van der Waals surface area contributed by atoms with Gasteiger partial charge in [0.05, 0.1) is 17.2 Å². The van der Waals surface area contributed by atoms with Gasteiger partial charge in [0, 0.05) is 30.6 Å². The molecule has 0 bridgehead atoms. The number of piperidine rings is 1. The van der Waals surface area contributed by atoms with Gasteiger partial charge in [-0.05, 0) is 68.1 Å². The summed E-state index contributed by atoms with van der Waals surface area (Å²) in [6.07, 6.45) is 3.95. The maximum Gasteiger partial charge on any atom is 0.255 e. The molecular weight excluding hydrogens is 407 g/mol. The summed E-state index contributed by atoms with van der Waals surface area (Å²) in [6.45, 7) is 1.69. The molecule has 0 unspecified atom stereocenters. The van der Waals surface area contributed by atoms with Crippen molar-refractivity contribution in [1.82, 2.24) is 10.2 Å². The third kappa shape index (κ3) is 5.11. The minimum Gasteiger partial charge on any atom is -0.493 e. The number of halogens is 2. The second kappa shape index (κ2) is 9.04. The van der Waals surface area contributed by atoms with E-state index in [1.807, 2.05) is 0 Å². The molecule has 2 amide bonds. The highest BCUT2D eigenvalue weighted by molar-refractivity contribution is 6.33. The van der Waals surface area contributed by atoms with Gasteiger partial charge in [-0.25, -0.2) is 4.39 Å². The molecule has 1 N–H and O–H groups in total. The van der Waals surface area contributed by atoms with Gasteiger partial charge in [0.25, 0.3) is 11.8 Å². The SMILES string of the molecule is O=C(NC1CC1)c1ccc(OC[C@@H]2CCCN(C(=O)c3ccc(F)cc3Cl)C2)cc1. The summed E-state index contributed by atoms with van der Waals surface area (Å²) in [5.74, 6) is 0.195. The number of benzene rings is 2. The van der Waals surface area contributed by atoms with Crippen LogP contribution in [-0.4, -0.2) is 42.5 Å². The first-order valence-corrected chi connectivity index (χ1v) is 10.7. The summed E-state index contributed by atoms with van der Waals surface area (Å²) in [5.41, 5.74) is 0.944. The van der Waals surface area contributed by atoms with Gasteiger partial charge in [0.1, 0.15) is 11.6 Å². The van der Waals surface area contributed by atoms with E-state index in [4.69, 9.17) is 16.3 Å². The summed E-state index contributed by atoms with van der Waals surface area (Å²) in [5, 5.41) is 3.09. The maximum atomic E-state index is 13.3. The van der Waals surface area contributed by atoms with E-state index in [9.17, 15) is 14.0 Å². The molecule has 1 heterocycles. The smallest absolute Gasteiger partial charge is 0.255 e. The molecule has 5 nitrogen and oxygen atoms in total. The second-order valence-electron chi connectivity index (χ2n) is 7.97. The highest BCUT2D eigenvalue weighted by atomic mass is 35.5. The molecule has 1 atom stereocenters. The van der Waals surface area contributed by atoms with Gasteiger partial charge in [-0.15, -0.1) is 0 Å². The molecule has 2 aromatic rings. The molecule has 1 saturated carbocycles. The van der Waals surface area contributed by atoms with Crippen molar-refractivity contribution in [3.05, 3.63) is 64.4 Å². The van der Waals surface area contributed by atoms with Crippen LogP contribution < -0.4 is 10.1 Å². The van der Waals surface area contributed by atoms with Gasteiger partial charge in [0.15, 0.2) is 0 Å². The van der Waals surface area contributed by atoms with E-state index in [1.165, 1.54) is 12.1 Å². The third-order valence-corrected chi connectivity index (χ3v) is 5.80. The lowest BCUT2D eigenvalue weighted by atomic mass is 9.98. The fourth-order valence-electron chi connectivity index (χ4n) is 3.63. The first kappa shape index (κ1) is 20.7. The Kier molecular flexibility index (Phi) is 6.23. The number of rotatable bonds is 6. The van der Waals surface area contributed by atoms with E-state index in [2.05, 4.69) is 5.32 Å². The number of amides is 2. The number of nitrogens with zero attached hydrogens (tertiary/aromatic N) is 1. The largest absolute Gasteiger partial charge is 0.493 e. The highest BCUT2D eigenvalue weighted by Crippen LogP contribution is 2.24. The minimum atomic E-state index is -0.461. The Balaban J connectivity index is 1.30. The maximum absolute atomic E-state index is 13.3. The Morgan fingerprint density at radius 1 is 1.13 bits per heavy atom. The van der Waals surface area contributed by atoms with Crippen molar-refractivity contribution in [3.8, 4) is 5.75 Å². The van der Waals surface area contributed by atoms with E-state index >= 15 is 0 Å². The standard InChI is InChI=1S/C23H24ClFN2O3/c24-21-12-17(25)5-10-20(21)23(29)27-11-1-2-15(13-27)14-30-19-8-3-16(4-9-19)22(28)26-18-6-7-18/h3-5,8-10,12,15,18H,1-2,6-7,11,13-14H2,(H,26,28)/t15-/m1/s1. The van der Waals surface area contributed by atoms with E-state index in [0.29, 0.717) is 42.6 Å². The van der Waals surface area contributed by atoms with Gasteiger partial charge in [-0.2, -0.15) is 0 Å². The summed E-state index contributed by atoms with van der Waals surface area (Å²) in [4.78, 5) is 26.6. The van der Waals surface area contributed by atoms with Crippen LogP contribution in [0.25, 0.3) is 0 Å². The number of likely N-dealkylation sites (tertiary alicyclic amines) is 1. The van der Waals surface area contributed by atoms with Gasteiger partial charge in [-0.3, -0.25) is 9.59 Å². The van der Waals surface area contributed by atoms with Crippen molar-refractivity contribution in [1.29, 1.82) is 0 Å². The van der Waals surface area contributed by atoms with E-state index in [1.54, 1.807) is 29.2 Å². The number of ether oxygens (including phenoxy) is 1. The van der Waals surface area contributed by atoms with Gasteiger partial charge in [0.2, 0.25) is 0 Å². The van der Waals surface area contributed by atoms with Crippen LogP contribution in [-0.2, 0) is 0 Å². The topological polar surface area (TPSA) is 58.6 Å². The Morgan fingerprint density at radius 3 is 2.60 bits per heavy atom. The van der Waals surface area contributed by atoms with Crippen LogP contribution in [0.4, 0.5) is 4.39 Å². The van der Waals surface area contributed by atoms with Crippen molar-refractivity contribution in [2.24, 2.45) is 5.92 Å². The van der Waals surface area contributed by atoms with Crippen LogP contribution in [0.15, 0.2) is 42.5 Å². The molecule has 2 aliphatic rings. The number of hydrogen-bond donors (Lipinski definition) is 1. The number of nitrogens with one attached hydrogen (secondary N) is 1. The zero-order valence-electron chi connectivity index (χ0n) is 16.6. The molecule has 4 rings (SSSR count). The highest BCUT2D eigenvalue weighted by Gasteiger charge is 2.26. The lowest BCUT2D eigenvalue weighted by Gasteiger charge is -2.33. The molecule has 30 heavy (non-hydrogen) atoms. The Bertz CT molecular complexity index is 931. The molecule has 1 saturated heterocycles. The Morgan fingerprint density at radius 2 is 1.90 bits per heavy atom. The summed E-state index contributed by atoms with van der Waals surface area (Å²) < 4.78 is 19.2. The lowest BCUT2D eigenvalue weighted by molar-refractivity contribution is 0.0633. The summed E-state index contributed by atoms with van der Waals surface area (Å²) in [6, 6.07) is 11.3. The van der Waals surface area contributed by atoms with Gasteiger partial charge >= 0.3 is 0 Å². The molecule has 0 aromatic heterocycles. The van der Waals surface area contributed by atoms with E-state index in [-0.39, 0.29) is 22.8 Å². The molecule has 2 aromatic carbocycles. The Hall–Kier alpha value is -2.60. The van der Waals surface area contributed by atoms with E-state index < -0.39 is 5.82 Å². The molecule has 0 radical (unpaired) electrons. The first-order chi connectivity index (χ1) is 14.5. The molecule has 1 aliphatic heterocycles. The average molecular weight is 431 g/mol. The molecule has 7 heteroatoms. The first-order valence-electron chi connectivity index (χ1n) is 10.3. The lowest BCUT2D eigenvalue weighted by Crippen LogP contribution is -2.41. The third-order valence-electron chi connectivity index (χ3n) is 5.48. The van der Waals surface area contributed by atoms with Crippen LogP contribution in [0.5, 0.6) is 5.75 Å². The van der Waals surface area contributed by atoms with Crippen LogP contribution in [0.2, 0.25) is 5.02 Å². The van der Waals surface area contributed by atoms with Crippen LogP contribution >= 0.6 is 11.6 Å². The number of carbonyl (C=O) groups excluding carboxylic acids is 2. The van der Waals surface area contributed by atoms with Crippen molar-refractivity contribution >= 4 is 23.4 Å². The molecule has 158 valence electrons. The van der Waals surface area contributed by atoms with Crippen LogP contribution in [0.1, 0.15) is 46.4 Å². The fourth-order valence-corrected chi connectivity index (χ4v) is 3.88. The van der Waals surface area contributed by atoms with E-state index in [0.717, 1.165) is 31.7 Å². The molecule has 1 aliphatic carbocycles. The normalized spacial score (nSPS) is 18.7. The van der Waals surface area contributed by atoms with Crippen molar-refractivity contribution in [2.75, 3.05) is 19.7 Å². The van der Waals surface area contributed by atoms with Crippen LogP contribution in [0.3, 0.4) is 0 Å². The predicted molar refractivity (Wildman–Crippen MR) is 112 cm³/mol. The van der Waals surface area contributed by atoms with Crippen molar-refractivity contribution in [3.63, 3.8) is 0 Å². The van der Waals surface area contributed by atoms with Crippen molar-refractivity contribution in [2.45, 2.75) is 31.7 Å². The summed E-state index contributed by atoms with van der Waals surface area (Å²) in [7, 11) is 0. The Labute approximate surface area is 180 Å². The molecule has 0 spiro atoms. The monoisotopic (exact) mass is 430 g/mol. The van der Waals surface area contributed by atoms with Crippen LogP contribution in [0, 0.1) is 11.7 Å². The fraction of sp³-hybridized carbons (Fsp3) is 0.391. The predicted octanol–water partition coefficient (Wildman–Crippen LogP) is 4.30. The molecular formula is C23H24ClFN2O3. The number of carbonyl (C=O) groups is 2. The van der Waals surface area contributed by atoms with Gasteiger partial charge in [-0.1, -0.05) is 11.6 Å². The van der Waals surface area contributed by atoms with Gasteiger partial charge < -0.3 is 15.0 Å². The zero-order valence-corrected chi connectivity index (χ0v) is 17.3. The quantitative estimate of drug-likeness (QED) is 0.743. The minimum absolute atomic E-state index is 0.0510. The van der Waals surface area contributed by atoms with Crippen molar-refractivity contribution < 1.29 is 18.7 Å². The zero-order chi connectivity index (χ0) is 21.1. The average Bonchev–Trinajstić information content (AvgIpc) is 3.56. The number of hydrogen-bond acceptors (Lipinski definition) is 3. The second-order valence-corrected chi connectivity index (χ2v) is 8.37. The molecule has 2 fully saturated rings.